The molecule has 8 aromatic carbocycles. The van der Waals surface area contributed by atoms with Gasteiger partial charge in [0.2, 0.25) is 0 Å². The first-order chi connectivity index (χ1) is 43.2. The largest absolute Gasteiger partial charge is 0.412 e. The molecule has 16 unspecified atom stereocenters. The Balaban J connectivity index is 0.981. The lowest BCUT2D eigenvalue weighted by Gasteiger charge is -2.63. The van der Waals surface area contributed by atoms with Crippen molar-refractivity contribution >= 4 is 92.8 Å². The van der Waals surface area contributed by atoms with Gasteiger partial charge in [-0.2, -0.15) is 0 Å². The van der Waals surface area contributed by atoms with Gasteiger partial charge in [-0.25, -0.2) is 0 Å². The van der Waals surface area contributed by atoms with Crippen molar-refractivity contribution in [3.05, 3.63) is 310 Å². The van der Waals surface area contributed by atoms with Gasteiger partial charge in [-0.1, -0.05) is 267 Å². The molecule has 0 radical (unpaired) electrons. The lowest BCUT2D eigenvalue weighted by molar-refractivity contribution is 0.161. The molecule has 0 saturated carbocycles. The minimum Gasteiger partial charge on any atom is -0.412 e. The van der Waals surface area contributed by atoms with E-state index in [0.717, 1.165) is 44.5 Å². The van der Waals surface area contributed by atoms with E-state index in [-0.39, 0.29) is 47.1 Å². The van der Waals surface area contributed by atoms with E-state index in [1.54, 1.807) is 0 Å². The molecule has 10 aliphatic heterocycles. The van der Waals surface area contributed by atoms with E-state index >= 15 is 0 Å². The molecule has 88 heavy (non-hydrogen) atoms. The Hall–Kier alpha value is -6.02. The van der Waals surface area contributed by atoms with Gasteiger partial charge < -0.3 is 51.9 Å². The summed E-state index contributed by atoms with van der Waals surface area (Å²) >= 11 is 0. The van der Waals surface area contributed by atoms with Crippen molar-refractivity contribution in [2.45, 2.75) is 70.0 Å². The van der Waals surface area contributed by atoms with Crippen LogP contribution in [-0.2, 0) is 51.9 Å². The Labute approximate surface area is 521 Å². The van der Waals surface area contributed by atoms with Crippen LogP contribution in [0.3, 0.4) is 0 Å². The van der Waals surface area contributed by atoms with Gasteiger partial charge in [0.25, 0.3) is 0 Å². The van der Waals surface area contributed by atoms with Crippen molar-refractivity contribution in [2.75, 3.05) is 0 Å². The summed E-state index contributed by atoms with van der Waals surface area (Å²) in [6, 6.07) is 83.5. The summed E-state index contributed by atoms with van der Waals surface area (Å²) in [5.74, 6) is 0. The Bertz CT molecular complexity index is 3420. The number of hydrogen-bond donors (Lipinski definition) is 0. The van der Waals surface area contributed by atoms with Gasteiger partial charge in [0, 0.05) is 22.7 Å². The summed E-state index contributed by atoms with van der Waals surface area (Å²) in [6.45, 7) is 0. The number of ether oxygens (including phenoxy) is 4. The topological polar surface area (TPSA) is 124 Å². The molecule has 10 fully saturated rings. The minimum absolute atomic E-state index is 0.274. The molecule has 8 aromatic rings. The summed E-state index contributed by atoms with van der Waals surface area (Å²) in [5, 5.41) is 0. The zero-order chi connectivity index (χ0) is 58.5. The fraction of sp³-hybridized carbons (Fsp3) is 0.176. The fourth-order valence-electron chi connectivity index (χ4n) is 14.4. The highest BCUT2D eigenvalue weighted by Crippen LogP contribution is 2.65. The lowest BCUT2D eigenvalue weighted by atomic mass is 10.2. The molecule has 8 bridgehead atoms. The molecule has 0 N–H and O–H groups in total. The third kappa shape index (κ3) is 10.5. The number of benzene rings is 8. The first-order valence-corrected chi connectivity index (χ1v) is 47.4. The van der Waals surface area contributed by atoms with Crippen LogP contribution in [0.1, 0.15) is 68.9 Å². The zero-order valence-corrected chi connectivity index (χ0v) is 56.1. The highest BCUT2D eigenvalue weighted by molar-refractivity contribution is 7.16. The summed E-state index contributed by atoms with van der Waals surface area (Å²) in [4.78, 5) is 0. The van der Waals surface area contributed by atoms with Crippen LogP contribution in [0.2, 0.25) is 22.7 Å². The predicted molar refractivity (Wildman–Crippen MR) is 352 cm³/mol. The van der Waals surface area contributed by atoms with Gasteiger partial charge in [-0.3, -0.25) is 0 Å². The Morgan fingerprint density at radius 3 is 0.693 bits per heavy atom. The van der Waals surface area contributed by atoms with Crippen LogP contribution in [0.25, 0.3) is 24.3 Å². The maximum Gasteiger partial charge on any atom is 0.356 e. The molecule has 16 atom stereocenters. The first-order valence-electron chi connectivity index (χ1n) is 30.6. The quantitative estimate of drug-likeness (QED) is 0.0676. The van der Waals surface area contributed by atoms with E-state index in [2.05, 4.69) is 241 Å². The second-order valence-corrected chi connectivity index (χ2v) is 53.3. The van der Waals surface area contributed by atoms with E-state index in [1.165, 1.54) is 0 Å². The number of rotatable bonds is 16. The fourth-order valence-corrected chi connectivity index (χ4v) is 80.2. The molecule has 18 rings (SSSR count). The monoisotopic (exact) mass is 1300 g/mol. The molecule has 0 aromatic heterocycles. The lowest BCUT2D eigenvalue weighted by Crippen LogP contribution is -2.87. The number of epoxide rings is 4. The van der Waals surface area contributed by atoms with Crippen LogP contribution in [-0.4, -0.2) is 91.4 Å². The van der Waals surface area contributed by atoms with E-state index in [4.69, 9.17) is 51.9 Å². The second kappa shape index (κ2) is 21.8. The Morgan fingerprint density at radius 2 is 0.443 bits per heavy atom. The van der Waals surface area contributed by atoms with Crippen molar-refractivity contribution in [1.29, 1.82) is 0 Å². The van der Waals surface area contributed by atoms with Gasteiger partial charge in [0.05, 0.1) is 0 Å². The highest BCUT2D eigenvalue weighted by Gasteiger charge is 2.87. The number of hydrogen-bond acceptors (Lipinski definition) is 12. The molecule has 10 aliphatic rings. The maximum absolute atomic E-state index is 8.84. The summed E-state index contributed by atoms with van der Waals surface area (Å²) in [6.07, 6.45) is 7.23. The third-order valence-corrected chi connectivity index (χ3v) is 64.1. The van der Waals surface area contributed by atoms with Gasteiger partial charge in [-0.05, 0) is 67.3 Å². The van der Waals surface area contributed by atoms with Crippen LogP contribution in [0, 0.1) is 0 Å². The molecule has 10 saturated heterocycles. The summed E-state index contributed by atoms with van der Waals surface area (Å²) in [7, 11) is -33.0. The molecule has 0 amide bonds. The molecule has 12 nitrogen and oxygen atoms in total. The van der Waals surface area contributed by atoms with Crippen molar-refractivity contribution in [3.63, 3.8) is 0 Å². The molecular weight excluding hydrogens is 1230 g/mol. The van der Waals surface area contributed by atoms with Gasteiger partial charge >= 0.3 is 68.5 Å². The Morgan fingerprint density at radius 1 is 0.227 bits per heavy atom. The summed E-state index contributed by atoms with van der Waals surface area (Å²) in [5.41, 5.74) is 16.1. The average Bonchev–Trinajstić information content (AvgIpc) is 1.61. The maximum atomic E-state index is 8.84. The van der Waals surface area contributed by atoms with Crippen LogP contribution in [0.5, 0.6) is 0 Å². The van der Waals surface area contributed by atoms with Gasteiger partial charge in [-0.15, -0.1) is 0 Å². The standard InChI is InChI=1S/C68H64O12Si8/c1-9-25-53(26-10-1)41-45-81-49-82(46-42-54-27-11-2-12-28-54)75-86(66-62(70-66)58-35-19-6-20-36-58)51-84(48-44-56-31-15-4-16-32-56)73-83(47-43-55-29-13-3-14-30-55,50-85(74-81,80-86)65-61(69-65)57-33-17-5-18-34-57)78-87(76-81,67-63(71-67)59-37-21-7-22-38-59)52-88(77-82,79-84)68-64(72-68)60-39-23-8-24-40-60/h1-48,61-68H,49-52H2/b45-41+,46-42?,47-43+,48-44+. The molecule has 440 valence electrons. The second-order valence-electron chi connectivity index (χ2n) is 24.5. The van der Waals surface area contributed by atoms with Crippen LogP contribution in [0.15, 0.2) is 265 Å². The van der Waals surface area contributed by atoms with Crippen LogP contribution >= 0.6 is 0 Å². The van der Waals surface area contributed by atoms with Crippen molar-refractivity contribution in [3.8, 4) is 0 Å². The van der Waals surface area contributed by atoms with E-state index < -0.39 is 91.4 Å². The van der Waals surface area contributed by atoms with Crippen molar-refractivity contribution < 1.29 is 51.9 Å². The van der Waals surface area contributed by atoms with Crippen molar-refractivity contribution in [1.82, 2.24) is 0 Å². The van der Waals surface area contributed by atoms with Crippen LogP contribution in [0.4, 0.5) is 0 Å². The molecule has 10 heterocycles. The van der Waals surface area contributed by atoms with E-state index in [1.807, 2.05) is 48.5 Å². The van der Waals surface area contributed by atoms with Crippen molar-refractivity contribution in [2.24, 2.45) is 0 Å². The molecule has 0 aliphatic carbocycles. The minimum atomic E-state index is -4.13. The average molecular weight is 1300 g/mol. The highest BCUT2D eigenvalue weighted by atomic mass is 28.6. The molecule has 0 spiro atoms. The predicted octanol–water partition coefficient (Wildman–Crippen LogP) is 13.6. The smallest absolute Gasteiger partial charge is 0.356 e. The first kappa shape index (κ1) is 56.0. The van der Waals surface area contributed by atoms with E-state index in [0.29, 0.717) is 0 Å². The summed E-state index contributed by atoms with van der Waals surface area (Å²) < 4.78 is 99.7. The third-order valence-electron chi connectivity index (χ3n) is 18.3. The van der Waals surface area contributed by atoms with Crippen LogP contribution < -0.4 is 0 Å². The SMILES string of the molecule is C(=C[Si]12C[Si]3(/C=C/c4ccccc4)O[Si]4(C5OC5c5ccccc5)C[Si](C5OC5c5ccccc5)(O1)O[Si]1(/C=C/c5ccccc5)C[Si](C5OC5c5ccccc5)(O2)O[Si](C2OC2c2ccccc2)(C[Si](/C=C/c2ccccc2)(O1)O4)O3)c1ccccc1. The zero-order valence-electron chi connectivity index (χ0n) is 48.1. The normalized spacial score (nSPS) is 38.4. The Kier molecular flexibility index (Phi) is 13.9. The molecule has 20 heteroatoms. The molecular formula is C68H64O12Si8. The van der Waals surface area contributed by atoms with Gasteiger partial charge in [0.1, 0.15) is 47.3 Å². The van der Waals surface area contributed by atoms with Gasteiger partial charge in [0.15, 0.2) is 0 Å². The van der Waals surface area contributed by atoms with E-state index in [9.17, 15) is 0 Å².